The third kappa shape index (κ3) is 8.60. The first-order valence-electron chi connectivity index (χ1n) is 14.7. The van der Waals surface area contributed by atoms with Crippen LogP contribution in [0, 0.1) is 6.92 Å². The Morgan fingerprint density at radius 1 is 0.953 bits per heavy atom. The minimum absolute atomic E-state index is 0.0341. The first kappa shape index (κ1) is 32.5. The number of sulfonamides is 1. The van der Waals surface area contributed by atoms with E-state index in [1.165, 1.54) is 17.0 Å². The number of nitrogens with zero attached hydrogens (tertiary/aromatic N) is 2. The van der Waals surface area contributed by atoms with Crippen LogP contribution in [-0.4, -0.2) is 50.4 Å². The number of nitrogens with one attached hydrogen (secondary N) is 1. The van der Waals surface area contributed by atoms with Gasteiger partial charge >= 0.3 is 0 Å². The number of anilines is 1. The molecule has 0 saturated heterocycles. The van der Waals surface area contributed by atoms with Gasteiger partial charge in [-0.1, -0.05) is 65.0 Å². The van der Waals surface area contributed by atoms with Crippen LogP contribution in [0.25, 0.3) is 0 Å². The molecule has 10 heteroatoms. The van der Waals surface area contributed by atoms with Crippen LogP contribution in [0.15, 0.2) is 82.2 Å². The highest BCUT2D eigenvalue weighted by Crippen LogP contribution is 2.27. The Morgan fingerprint density at radius 3 is 2.19 bits per heavy atom. The van der Waals surface area contributed by atoms with Gasteiger partial charge in [-0.3, -0.25) is 13.9 Å². The largest absolute Gasteiger partial charge is 0.494 e. The van der Waals surface area contributed by atoms with E-state index < -0.39 is 28.5 Å². The standard InChI is InChI=1S/C33H40BrN3O5S/c1-4-42-30-18-20-31(21-19-30)43(40,41)37(29-16-10-24(2)11-17-29)23-32(38)36(22-26-12-14-27(34)15-13-26)25(3)33(39)35-28-8-6-5-7-9-28/h10-21,25,28H,4-9,22-23H2,1-3H3,(H,35,39). The van der Waals surface area contributed by atoms with E-state index in [0.29, 0.717) is 18.0 Å². The molecule has 1 N–H and O–H groups in total. The van der Waals surface area contributed by atoms with Gasteiger partial charge in [-0.2, -0.15) is 0 Å². The number of carbonyl (C=O) groups is 2. The van der Waals surface area contributed by atoms with Gasteiger partial charge in [-0.15, -0.1) is 0 Å². The third-order valence-electron chi connectivity index (χ3n) is 7.71. The molecular formula is C33H40BrN3O5S. The van der Waals surface area contributed by atoms with Crippen molar-refractivity contribution >= 4 is 43.5 Å². The Balaban J connectivity index is 1.66. The highest BCUT2D eigenvalue weighted by Gasteiger charge is 2.33. The summed E-state index contributed by atoms with van der Waals surface area (Å²) in [5.74, 6) is -0.171. The Morgan fingerprint density at radius 2 is 1.58 bits per heavy atom. The van der Waals surface area contributed by atoms with E-state index in [9.17, 15) is 18.0 Å². The summed E-state index contributed by atoms with van der Waals surface area (Å²) < 4.78 is 35.6. The van der Waals surface area contributed by atoms with E-state index in [0.717, 1.165) is 52.0 Å². The molecule has 3 aromatic carbocycles. The van der Waals surface area contributed by atoms with Crippen LogP contribution in [0.2, 0.25) is 0 Å². The summed E-state index contributed by atoms with van der Waals surface area (Å²) in [6, 6.07) is 19.9. The first-order valence-corrected chi connectivity index (χ1v) is 17.0. The van der Waals surface area contributed by atoms with Crippen LogP contribution in [0.1, 0.15) is 57.1 Å². The fourth-order valence-electron chi connectivity index (χ4n) is 5.18. The molecule has 43 heavy (non-hydrogen) atoms. The Labute approximate surface area is 263 Å². The summed E-state index contributed by atoms with van der Waals surface area (Å²) >= 11 is 3.44. The molecule has 0 aliphatic heterocycles. The lowest BCUT2D eigenvalue weighted by Gasteiger charge is -2.33. The lowest BCUT2D eigenvalue weighted by Crippen LogP contribution is -2.53. The predicted octanol–water partition coefficient (Wildman–Crippen LogP) is 6.22. The Hall–Kier alpha value is -3.37. The first-order chi connectivity index (χ1) is 20.6. The van der Waals surface area contributed by atoms with Crippen molar-refractivity contribution in [3.8, 4) is 5.75 Å². The van der Waals surface area contributed by atoms with Crippen molar-refractivity contribution in [1.82, 2.24) is 10.2 Å². The van der Waals surface area contributed by atoms with Gasteiger partial charge in [0.05, 0.1) is 17.2 Å². The number of rotatable bonds is 12. The van der Waals surface area contributed by atoms with Crippen LogP contribution in [-0.2, 0) is 26.2 Å². The molecule has 0 heterocycles. The molecular weight excluding hydrogens is 630 g/mol. The van der Waals surface area contributed by atoms with Crippen molar-refractivity contribution in [2.24, 2.45) is 0 Å². The molecule has 8 nitrogen and oxygen atoms in total. The van der Waals surface area contributed by atoms with Gasteiger partial charge in [0.25, 0.3) is 10.0 Å². The van der Waals surface area contributed by atoms with Gasteiger partial charge in [-0.05, 0) is 87.7 Å². The molecule has 1 atom stereocenters. The number of carbonyl (C=O) groups excluding carboxylic acids is 2. The second-order valence-electron chi connectivity index (χ2n) is 10.9. The zero-order valence-corrected chi connectivity index (χ0v) is 27.4. The summed E-state index contributed by atoms with van der Waals surface area (Å²) in [4.78, 5) is 29.1. The second-order valence-corrected chi connectivity index (χ2v) is 13.7. The predicted molar refractivity (Wildman–Crippen MR) is 172 cm³/mol. The van der Waals surface area contributed by atoms with Crippen LogP contribution in [0.3, 0.4) is 0 Å². The van der Waals surface area contributed by atoms with Crippen molar-refractivity contribution in [1.29, 1.82) is 0 Å². The van der Waals surface area contributed by atoms with Gasteiger partial charge < -0.3 is 15.0 Å². The minimum Gasteiger partial charge on any atom is -0.494 e. The summed E-state index contributed by atoms with van der Waals surface area (Å²) in [5, 5.41) is 3.13. The van der Waals surface area contributed by atoms with Gasteiger partial charge in [0.2, 0.25) is 11.8 Å². The third-order valence-corrected chi connectivity index (χ3v) is 10.0. The monoisotopic (exact) mass is 669 g/mol. The maximum atomic E-state index is 14.1. The van der Waals surface area contributed by atoms with Crippen molar-refractivity contribution in [2.75, 3.05) is 17.5 Å². The highest BCUT2D eigenvalue weighted by atomic mass is 79.9. The molecule has 1 saturated carbocycles. The number of hydrogen-bond acceptors (Lipinski definition) is 5. The van der Waals surface area contributed by atoms with Crippen molar-refractivity contribution in [3.63, 3.8) is 0 Å². The summed E-state index contributed by atoms with van der Waals surface area (Å²) in [5.41, 5.74) is 2.14. The van der Waals surface area contributed by atoms with Crippen LogP contribution < -0.4 is 14.4 Å². The van der Waals surface area contributed by atoms with Gasteiger partial charge in [0.15, 0.2) is 0 Å². The van der Waals surface area contributed by atoms with Crippen molar-refractivity contribution in [2.45, 2.75) is 76.4 Å². The topological polar surface area (TPSA) is 96.0 Å². The lowest BCUT2D eigenvalue weighted by atomic mass is 9.95. The number of aryl methyl sites for hydroxylation is 1. The van der Waals surface area contributed by atoms with Crippen LogP contribution in [0.4, 0.5) is 5.69 Å². The average Bonchev–Trinajstić information content (AvgIpc) is 3.00. The Bertz CT molecular complexity index is 1470. The quantitative estimate of drug-likeness (QED) is 0.247. The molecule has 1 unspecified atom stereocenters. The van der Waals surface area contributed by atoms with Gasteiger partial charge in [-0.25, -0.2) is 8.42 Å². The molecule has 0 radical (unpaired) electrons. The summed E-state index contributed by atoms with van der Waals surface area (Å²) in [7, 11) is -4.15. The van der Waals surface area contributed by atoms with E-state index in [2.05, 4.69) is 21.2 Å². The van der Waals surface area contributed by atoms with Crippen molar-refractivity contribution in [3.05, 3.63) is 88.4 Å². The van der Waals surface area contributed by atoms with Crippen LogP contribution in [0.5, 0.6) is 5.75 Å². The number of benzene rings is 3. The Kier molecular flexibility index (Phi) is 11.3. The lowest BCUT2D eigenvalue weighted by molar-refractivity contribution is -0.139. The second kappa shape index (κ2) is 14.9. The SMILES string of the molecule is CCOc1ccc(S(=O)(=O)N(CC(=O)N(Cc2ccc(Br)cc2)C(C)C(=O)NC2CCCCC2)c2ccc(C)cc2)cc1. The van der Waals surface area contributed by atoms with E-state index in [1.54, 1.807) is 43.3 Å². The molecule has 230 valence electrons. The smallest absolute Gasteiger partial charge is 0.264 e. The number of amides is 2. The molecule has 0 bridgehead atoms. The zero-order chi connectivity index (χ0) is 31.0. The molecule has 1 aliphatic rings. The number of halogens is 1. The normalized spacial score (nSPS) is 14.5. The zero-order valence-electron chi connectivity index (χ0n) is 25.0. The molecule has 0 spiro atoms. The fraction of sp³-hybridized carbons (Fsp3) is 0.394. The molecule has 3 aromatic rings. The van der Waals surface area contributed by atoms with Gasteiger partial charge in [0.1, 0.15) is 18.3 Å². The summed E-state index contributed by atoms with van der Waals surface area (Å²) in [6.07, 6.45) is 5.13. The van der Waals surface area contributed by atoms with Crippen LogP contribution >= 0.6 is 15.9 Å². The average molecular weight is 671 g/mol. The fourth-order valence-corrected chi connectivity index (χ4v) is 6.86. The molecule has 0 aromatic heterocycles. The molecule has 4 rings (SSSR count). The minimum atomic E-state index is -4.15. The number of hydrogen-bond donors (Lipinski definition) is 1. The van der Waals surface area contributed by atoms with Crippen molar-refractivity contribution < 1.29 is 22.7 Å². The molecule has 1 fully saturated rings. The summed E-state index contributed by atoms with van der Waals surface area (Å²) in [6.45, 7) is 5.59. The van der Waals surface area contributed by atoms with E-state index in [-0.39, 0.29) is 23.4 Å². The maximum absolute atomic E-state index is 14.1. The van der Waals surface area contributed by atoms with E-state index in [1.807, 2.05) is 38.1 Å². The van der Waals surface area contributed by atoms with Gasteiger partial charge in [0, 0.05) is 17.1 Å². The number of ether oxygens (including phenoxy) is 1. The molecule has 2 amide bonds. The van der Waals surface area contributed by atoms with E-state index in [4.69, 9.17) is 4.74 Å². The molecule has 1 aliphatic carbocycles. The van der Waals surface area contributed by atoms with E-state index >= 15 is 0 Å². The maximum Gasteiger partial charge on any atom is 0.264 e. The highest BCUT2D eigenvalue weighted by molar-refractivity contribution is 9.10.